The van der Waals surface area contributed by atoms with E-state index in [1.165, 1.54) is 5.56 Å². The summed E-state index contributed by atoms with van der Waals surface area (Å²) in [6.45, 7) is 2.61. The Morgan fingerprint density at radius 2 is 1.90 bits per heavy atom. The summed E-state index contributed by atoms with van der Waals surface area (Å²) in [5, 5.41) is 0.689. The van der Waals surface area contributed by atoms with Crippen LogP contribution in [-0.2, 0) is 6.42 Å². The fraction of sp³-hybridized carbons (Fsp3) is 0.294. The molecule has 0 aliphatic carbocycles. The van der Waals surface area contributed by atoms with Crippen LogP contribution in [0.15, 0.2) is 48.5 Å². The molecule has 0 spiro atoms. The molecule has 2 rings (SSSR count). The molecule has 0 bridgehead atoms. The normalized spacial score (nSPS) is 12.2. The lowest BCUT2D eigenvalue weighted by Crippen LogP contribution is -2.09. The molecule has 0 amide bonds. The van der Waals surface area contributed by atoms with Crippen LogP contribution in [0.5, 0.6) is 5.75 Å². The van der Waals surface area contributed by atoms with Crippen LogP contribution in [0.3, 0.4) is 0 Å². The molecule has 0 saturated carbocycles. The number of aryl methyl sites for hydroxylation is 1. The third-order valence-corrected chi connectivity index (χ3v) is 3.41. The molecule has 2 nitrogen and oxygen atoms in total. The second kappa shape index (κ2) is 7.32. The van der Waals surface area contributed by atoms with Crippen molar-refractivity contribution in [1.29, 1.82) is 0 Å². The van der Waals surface area contributed by atoms with Gasteiger partial charge < -0.3 is 10.5 Å². The van der Waals surface area contributed by atoms with Gasteiger partial charge in [-0.3, -0.25) is 0 Å². The first-order valence-corrected chi connectivity index (χ1v) is 7.26. The van der Waals surface area contributed by atoms with Gasteiger partial charge in [-0.2, -0.15) is 0 Å². The molecule has 20 heavy (non-hydrogen) atoms. The molecule has 0 radical (unpaired) electrons. The number of benzene rings is 2. The maximum Gasteiger partial charge on any atom is 0.124 e. The molecule has 0 aromatic heterocycles. The van der Waals surface area contributed by atoms with Gasteiger partial charge in [-0.25, -0.2) is 0 Å². The first kappa shape index (κ1) is 14.9. The van der Waals surface area contributed by atoms with Crippen LogP contribution in [0.1, 0.15) is 30.5 Å². The summed E-state index contributed by atoms with van der Waals surface area (Å²) in [4.78, 5) is 0. The highest BCUT2D eigenvalue weighted by Crippen LogP contribution is 2.27. The van der Waals surface area contributed by atoms with Crippen molar-refractivity contribution in [2.45, 2.75) is 25.8 Å². The lowest BCUT2D eigenvalue weighted by Gasteiger charge is -2.14. The molecule has 0 fully saturated rings. The lowest BCUT2D eigenvalue weighted by molar-refractivity contribution is 0.306. The van der Waals surface area contributed by atoms with Gasteiger partial charge in [-0.1, -0.05) is 41.9 Å². The average molecular weight is 290 g/mol. The standard InChI is InChI=1S/C17H20ClNO/c1-13(19)16-12-15(18)9-10-17(16)20-11-5-8-14-6-3-2-4-7-14/h2-4,6-7,9-10,12-13H,5,8,11,19H2,1H3/t13-/m1/s1. The number of rotatable bonds is 6. The zero-order chi connectivity index (χ0) is 14.4. The molecule has 0 unspecified atom stereocenters. The fourth-order valence-corrected chi connectivity index (χ4v) is 2.29. The van der Waals surface area contributed by atoms with E-state index in [0.29, 0.717) is 11.6 Å². The average Bonchev–Trinajstić information content (AvgIpc) is 2.45. The Morgan fingerprint density at radius 1 is 1.15 bits per heavy atom. The molecular formula is C17H20ClNO. The van der Waals surface area contributed by atoms with E-state index in [4.69, 9.17) is 22.1 Å². The number of hydrogen-bond acceptors (Lipinski definition) is 2. The van der Waals surface area contributed by atoms with Crippen molar-refractivity contribution in [2.75, 3.05) is 6.61 Å². The van der Waals surface area contributed by atoms with Crippen LogP contribution < -0.4 is 10.5 Å². The van der Waals surface area contributed by atoms with E-state index in [1.54, 1.807) is 0 Å². The van der Waals surface area contributed by atoms with Crippen LogP contribution >= 0.6 is 11.6 Å². The molecule has 1 atom stereocenters. The topological polar surface area (TPSA) is 35.2 Å². The summed E-state index contributed by atoms with van der Waals surface area (Å²) in [7, 11) is 0. The molecule has 0 aliphatic rings. The minimum atomic E-state index is -0.0853. The highest BCUT2D eigenvalue weighted by Gasteiger charge is 2.08. The van der Waals surface area contributed by atoms with Crippen LogP contribution in [0.2, 0.25) is 5.02 Å². The zero-order valence-electron chi connectivity index (χ0n) is 11.7. The van der Waals surface area contributed by atoms with Gasteiger partial charge in [0.2, 0.25) is 0 Å². The van der Waals surface area contributed by atoms with Gasteiger partial charge in [0, 0.05) is 16.6 Å². The largest absolute Gasteiger partial charge is 0.493 e. The van der Waals surface area contributed by atoms with Gasteiger partial charge in [0.15, 0.2) is 0 Å². The summed E-state index contributed by atoms with van der Waals surface area (Å²) in [6.07, 6.45) is 1.99. The smallest absolute Gasteiger partial charge is 0.124 e. The van der Waals surface area contributed by atoms with E-state index in [-0.39, 0.29) is 6.04 Å². The summed E-state index contributed by atoms with van der Waals surface area (Å²) in [5.74, 6) is 0.831. The summed E-state index contributed by atoms with van der Waals surface area (Å²) in [5.41, 5.74) is 8.23. The van der Waals surface area contributed by atoms with E-state index < -0.39 is 0 Å². The first-order valence-electron chi connectivity index (χ1n) is 6.88. The van der Waals surface area contributed by atoms with E-state index in [9.17, 15) is 0 Å². The Labute approximate surface area is 125 Å². The Kier molecular flexibility index (Phi) is 5.45. The van der Waals surface area contributed by atoms with Crippen molar-refractivity contribution in [1.82, 2.24) is 0 Å². The second-order valence-electron chi connectivity index (χ2n) is 4.91. The van der Waals surface area contributed by atoms with Gasteiger partial charge in [-0.15, -0.1) is 0 Å². The quantitative estimate of drug-likeness (QED) is 0.801. The van der Waals surface area contributed by atoms with Gasteiger partial charge in [0.25, 0.3) is 0 Å². The Balaban J connectivity index is 1.88. The lowest BCUT2D eigenvalue weighted by atomic mass is 10.1. The summed E-state index contributed by atoms with van der Waals surface area (Å²) in [6, 6.07) is 15.9. The van der Waals surface area contributed by atoms with E-state index in [1.807, 2.05) is 31.2 Å². The number of nitrogens with two attached hydrogens (primary N) is 1. The fourth-order valence-electron chi connectivity index (χ4n) is 2.11. The molecule has 0 heterocycles. The summed E-state index contributed by atoms with van der Waals surface area (Å²) >= 11 is 5.99. The number of hydrogen-bond donors (Lipinski definition) is 1. The molecule has 0 aliphatic heterocycles. The number of halogens is 1. The zero-order valence-corrected chi connectivity index (χ0v) is 12.4. The van der Waals surface area contributed by atoms with Gasteiger partial charge in [-0.05, 0) is 43.5 Å². The van der Waals surface area contributed by atoms with Crippen molar-refractivity contribution >= 4 is 11.6 Å². The minimum absolute atomic E-state index is 0.0853. The van der Waals surface area contributed by atoms with Crippen LogP contribution in [0.4, 0.5) is 0 Å². The molecule has 2 N–H and O–H groups in total. The molecule has 106 valence electrons. The van der Waals surface area contributed by atoms with E-state index in [2.05, 4.69) is 24.3 Å². The molecule has 2 aromatic rings. The first-order chi connectivity index (χ1) is 9.66. The van der Waals surface area contributed by atoms with Crippen molar-refractivity contribution in [3.05, 3.63) is 64.7 Å². The van der Waals surface area contributed by atoms with Crippen LogP contribution in [-0.4, -0.2) is 6.61 Å². The molecule has 2 aromatic carbocycles. The Hall–Kier alpha value is -1.51. The van der Waals surface area contributed by atoms with Crippen molar-refractivity contribution in [3.63, 3.8) is 0 Å². The third-order valence-electron chi connectivity index (χ3n) is 3.17. The summed E-state index contributed by atoms with van der Waals surface area (Å²) < 4.78 is 5.84. The Bertz CT molecular complexity index is 540. The van der Waals surface area contributed by atoms with Crippen molar-refractivity contribution in [2.24, 2.45) is 5.73 Å². The van der Waals surface area contributed by atoms with E-state index >= 15 is 0 Å². The maximum absolute atomic E-state index is 5.99. The van der Waals surface area contributed by atoms with Crippen molar-refractivity contribution < 1.29 is 4.74 Å². The molecule has 3 heteroatoms. The Morgan fingerprint density at radius 3 is 2.60 bits per heavy atom. The monoisotopic (exact) mass is 289 g/mol. The predicted octanol–water partition coefficient (Wildman–Crippen LogP) is 4.37. The highest BCUT2D eigenvalue weighted by molar-refractivity contribution is 6.30. The van der Waals surface area contributed by atoms with Gasteiger partial charge in [0.1, 0.15) is 5.75 Å². The molecule has 0 saturated heterocycles. The minimum Gasteiger partial charge on any atom is -0.493 e. The van der Waals surface area contributed by atoms with Gasteiger partial charge >= 0.3 is 0 Å². The van der Waals surface area contributed by atoms with Crippen LogP contribution in [0, 0.1) is 0 Å². The highest BCUT2D eigenvalue weighted by atomic mass is 35.5. The second-order valence-corrected chi connectivity index (χ2v) is 5.34. The van der Waals surface area contributed by atoms with Crippen LogP contribution in [0.25, 0.3) is 0 Å². The number of ether oxygens (including phenoxy) is 1. The predicted molar refractivity (Wildman–Crippen MR) is 84.3 cm³/mol. The maximum atomic E-state index is 5.99. The van der Waals surface area contributed by atoms with E-state index in [0.717, 1.165) is 24.2 Å². The molecular weight excluding hydrogens is 270 g/mol. The SMILES string of the molecule is C[C@@H](N)c1cc(Cl)ccc1OCCCc1ccccc1. The third kappa shape index (κ3) is 4.26. The van der Waals surface area contributed by atoms with Crippen molar-refractivity contribution in [3.8, 4) is 5.75 Å². The van der Waals surface area contributed by atoms with Gasteiger partial charge in [0.05, 0.1) is 6.61 Å².